The summed E-state index contributed by atoms with van der Waals surface area (Å²) in [5, 5.41) is 3.39. The van der Waals surface area contributed by atoms with E-state index in [1.165, 1.54) is 25.0 Å². The van der Waals surface area contributed by atoms with Crippen LogP contribution in [0.3, 0.4) is 0 Å². The molecule has 6 heteroatoms. The summed E-state index contributed by atoms with van der Waals surface area (Å²) in [6, 6.07) is 50.3. The van der Waals surface area contributed by atoms with Crippen LogP contribution in [-0.2, 0) is 0 Å². The number of aromatic nitrogens is 4. The van der Waals surface area contributed by atoms with Gasteiger partial charge in [-0.05, 0) is 29.3 Å². The molecule has 216 valence electrons. The third-order valence-corrected chi connectivity index (χ3v) is 10.4. The zero-order valence-electron chi connectivity index (χ0n) is 24.5. The molecule has 3 aromatic heterocycles. The van der Waals surface area contributed by atoms with Gasteiger partial charge in [-0.1, -0.05) is 127 Å². The van der Waals surface area contributed by atoms with Gasteiger partial charge in [0.15, 0.2) is 17.5 Å². The molecule has 0 N–H and O–H groups in total. The zero-order chi connectivity index (χ0) is 30.5. The highest BCUT2D eigenvalue weighted by Crippen LogP contribution is 2.43. The Bertz CT molecular complexity index is 2500. The molecular weight excluding hydrogens is 601 g/mol. The lowest BCUT2D eigenvalue weighted by Gasteiger charge is -2.10. The molecule has 6 aromatic carbocycles. The van der Waals surface area contributed by atoms with Crippen LogP contribution in [0.15, 0.2) is 146 Å². The van der Waals surface area contributed by atoms with E-state index in [2.05, 4.69) is 103 Å². The second-order valence-electron chi connectivity index (χ2n) is 11.1. The fraction of sp³-hybridized carbons (Fsp3) is 0. The summed E-state index contributed by atoms with van der Waals surface area (Å²) in [4.78, 5) is 20.2. The van der Waals surface area contributed by atoms with Gasteiger partial charge >= 0.3 is 0 Å². The topological polar surface area (TPSA) is 51.6 Å². The van der Waals surface area contributed by atoms with Gasteiger partial charge in [-0.3, -0.25) is 0 Å². The Labute approximate surface area is 273 Å². The summed E-state index contributed by atoms with van der Waals surface area (Å²) in [6.45, 7) is 0. The van der Waals surface area contributed by atoms with Gasteiger partial charge in [0.2, 0.25) is 0 Å². The number of nitrogens with zero attached hydrogens (tertiary/aromatic N) is 4. The van der Waals surface area contributed by atoms with Gasteiger partial charge in [0.25, 0.3) is 0 Å². The molecule has 0 saturated carbocycles. The Morgan fingerprint density at radius 1 is 0.370 bits per heavy atom. The molecule has 0 aliphatic rings. The molecule has 3 heterocycles. The van der Waals surface area contributed by atoms with Crippen molar-refractivity contribution in [2.75, 3.05) is 0 Å². The van der Waals surface area contributed by atoms with Crippen LogP contribution >= 0.6 is 22.7 Å². The highest BCUT2D eigenvalue weighted by Gasteiger charge is 2.18. The highest BCUT2D eigenvalue weighted by atomic mass is 32.1. The summed E-state index contributed by atoms with van der Waals surface area (Å²) in [7, 11) is 0. The Kier molecular flexibility index (Phi) is 6.47. The number of fused-ring (bicyclic) bond motifs is 4. The van der Waals surface area contributed by atoms with E-state index in [0.29, 0.717) is 17.5 Å². The minimum atomic E-state index is 0.650. The van der Waals surface area contributed by atoms with Crippen LogP contribution in [-0.4, -0.2) is 19.9 Å². The van der Waals surface area contributed by atoms with Crippen molar-refractivity contribution in [3.05, 3.63) is 146 Å². The van der Waals surface area contributed by atoms with Crippen molar-refractivity contribution in [3.63, 3.8) is 0 Å². The summed E-state index contributed by atoms with van der Waals surface area (Å²) >= 11 is 3.51. The summed E-state index contributed by atoms with van der Waals surface area (Å²) in [5.41, 5.74) is 7.40. The molecular formula is C40H24N4S2. The van der Waals surface area contributed by atoms with Gasteiger partial charge in [-0.15, -0.1) is 22.7 Å². The molecule has 4 nitrogen and oxygen atoms in total. The maximum atomic E-state index is 5.12. The number of hydrogen-bond donors (Lipinski definition) is 0. The Hall–Kier alpha value is -5.56. The number of rotatable bonds is 5. The predicted octanol–water partition coefficient (Wildman–Crippen LogP) is 11.2. The lowest BCUT2D eigenvalue weighted by molar-refractivity contribution is 1.08. The quantitative estimate of drug-likeness (QED) is 0.191. The molecule has 0 fully saturated rings. The Morgan fingerprint density at radius 3 is 1.63 bits per heavy atom. The molecule has 0 aliphatic heterocycles. The minimum absolute atomic E-state index is 0.650. The predicted molar refractivity (Wildman–Crippen MR) is 193 cm³/mol. The number of thiazole rings is 1. The Balaban J connectivity index is 1.22. The fourth-order valence-corrected chi connectivity index (χ4v) is 8.06. The number of thiophene rings is 1. The molecule has 0 amide bonds. The van der Waals surface area contributed by atoms with Crippen LogP contribution in [0.5, 0.6) is 0 Å². The molecule has 0 radical (unpaired) electrons. The largest absolute Gasteiger partial charge is 0.236 e. The van der Waals surface area contributed by atoms with E-state index in [0.717, 1.165) is 43.7 Å². The highest BCUT2D eigenvalue weighted by molar-refractivity contribution is 7.26. The third kappa shape index (κ3) is 4.76. The first kappa shape index (κ1) is 26.8. The van der Waals surface area contributed by atoms with E-state index in [4.69, 9.17) is 19.9 Å². The van der Waals surface area contributed by atoms with Crippen molar-refractivity contribution in [1.29, 1.82) is 0 Å². The van der Waals surface area contributed by atoms with Gasteiger partial charge in [-0.25, -0.2) is 19.9 Å². The first-order chi connectivity index (χ1) is 22.8. The maximum Gasteiger partial charge on any atom is 0.164 e. The molecule has 0 spiro atoms. The van der Waals surface area contributed by atoms with Crippen LogP contribution in [0.25, 0.3) is 86.3 Å². The molecule has 0 unspecified atom stereocenters. The second-order valence-corrected chi connectivity index (χ2v) is 13.2. The average molecular weight is 625 g/mol. The monoisotopic (exact) mass is 624 g/mol. The van der Waals surface area contributed by atoms with E-state index in [1.54, 1.807) is 22.7 Å². The van der Waals surface area contributed by atoms with Crippen LogP contribution in [0, 0.1) is 0 Å². The standard InChI is InChI=1S/C40H24N4S2/c1-4-11-25(12-5-1)26-19-21-28(22-20-26)38-42-37(27-13-6-2-7-14-27)43-39(44-38)30-17-10-18-33-36(30)31-23-35-32(24-34(31)45-33)41-40(46-35)29-15-8-3-9-16-29/h1-24H. The molecule has 0 atom stereocenters. The minimum Gasteiger partial charge on any atom is -0.236 e. The molecule has 0 bridgehead atoms. The van der Waals surface area contributed by atoms with E-state index < -0.39 is 0 Å². The zero-order valence-corrected chi connectivity index (χ0v) is 26.1. The lowest BCUT2D eigenvalue weighted by Crippen LogP contribution is -2.00. The summed E-state index contributed by atoms with van der Waals surface area (Å²) < 4.78 is 3.57. The first-order valence-corrected chi connectivity index (χ1v) is 16.7. The van der Waals surface area contributed by atoms with Gasteiger partial charge in [0, 0.05) is 42.4 Å². The first-order valence-electron chi connectivity index (χ1n) is 15.1. The van der Waals surface area contributed by atoms with E-state index in [-0.39, 0.29) is 0 Å². The van der Waals surface area contributed by atoms with Gasteiger partial charge in [-0.2, -0.15) is 0 Å². The second kappa shape index (κ2) is 11.1. The molecule has 9 rings (SSSR count). The van der Waals surface area contributed by atoms with E-state index in [1.807, 2.05) is 42.5 Å². The third-order valence-electron chi connectivity index (χ3n) is 8.18. The fourth-order valence-electron chi connectivity index (χ4n) is 5.92. The van der Waals surface area contributed by atoms with Crippen molar-refractivity contribution in [3.8, 4) is 55.9 Å². The van der Waals surface area contributed by atoms with Gasteiger partial charge < -0.3 is 0 Å². The molecule has 0 saturated heterocycles. The van der Waals surface area contributed by atoms with Crippen molar-refractivity contribution in [1.82, 2.24) is 19.9 Å². The molecule has 0 aliphatic carbocycles. The van der Waals surface area contributed by atoms with Crippen molar-refractivity contribution in [2.24, 2.45) is 0 Å². The van der Waals surface area contributed by atoms with Crippen molar-refractivity contribution < 1.29 is 0 Å². The van der Waals surface area contributed by atoms with Crippen LogP contribution < -0.4 is 0 Å². The van der Waals surface area contributed by atoms with E-state index in [9.17, 15) is 0 Å². The summed E-state index contributed by atoms with van der Waals surface area (Å²) in [5.74, 6) is 1.97. The van der Waals surface area contributed by atoms with Crippen molar-refractivity contribution >= 4 is 53.1 Å². The normalized spacial score (nSPS) is 11.5. The molecule has 46 heavy (non-hydrogen) atoms. The number of hydrogen-bond acceptors (Lipinski definition) is 6. The van der Waals surface area contributed by atoms with Gasteiger partial charge in [0.05, 0.1) is 10.2 Å². The smallest absolute Gasteiger partial charge is 0.164 e. The molecule has 9 aromatic rings. The Morgan fingerprint density at radius 2 is 0.935 bits per heavy atom. The van der Waals surface area contributed by atoms with Crippen LogP contribution in [0.1, 0.15) is 0 Å². The SMILES string of the molecule is c1ccc(-c2ccc(-c3nc(-c4ccccc4)nc(-c4cccc5sc6cc7nc(-c8ccccc8)sc7cc6c45)n3)cc2)cc1. The van der Waals surface area contributed by atoms with Crippen LogP contribution in [0.2, 0.25) is 0 Å². The maximum absolute atomic E-state index is 5.12. The van der Waals surface area contributed by atoms with E-state index >= 15 is 0 Å². The van der Waals surface area contributed by atoms with Gasteiger partial charge in [0.1, 0.15) is 5.01 Å². The van der Waals surface area contributed by atoms with Crippen LogP contribution in [0.4, 0.5) is 0 Å². The summed E-state index contributed by atoms with van der Waals surface area (Å²) in [6.07, 6.45) is 0. The average Bonchev–Trinajstić information content (AvgIpc) is 3.72. The lowest BCUT2D eigenvalue weighted by atomic mass is 10.0. The number of benzene rings is 6. The van der Waals surface area contributed by atoms with Crippen molar-refractivity contribution in [2.45, 2.75) is 0 Å².